The number of benzene rings is 2. The maximum absolute atomic E-state index is 11.5. The number of nitrogens with one attached hydrogen (secondary N) is 2. The summed E-state index contributed by atoms with van der Waals surface area (Å²) in [7, 11) is -3.72. The van der Waals surface area contributed by atoms with Crippen molar-refractivity contribution in [2.24, 2.45) is 10.1 Å². The quantitative estimate of drug-likeness (QED) is 0.375. The first-order valence-electron chi connectivity index (χ1n) is 9.68. The van der Waals surface area contributed by atoms with Gasteiger partial charge in [-0.15, -0.1) is 0 Å². The van der Waals surface area contributed by atoms with Crippen LogP contribution in [0.25, 0.3) is 5.69 Å². The summed E-state index contributed by atoms with van der Waals surface area (Å²) >= 11 is 0. The Morgan fingerprint density at radius 1 is 1.10 bits per heavy atom. The number of primary sulfonamides is 1. The molecule has 0 aliphatic carbocycles. The minimum absolute atomic E-state index is 0.0896. The second-order valence-electron chi connectivity index (χ2n) is 6.68. The van der Waals surface area contributed by atoms with E-state index < -0.39 is 10.0 Å². The third-order valence-corrected chi connectivity index (χ3v) is 5.31. The van der Waals surface area contributed by atoms with Crippen molar-refractivity contribution in [2.75, 3.05) is 13.1 Å². The van der Waals surface area contributed by atoms with Gasteiger partial charge in [0.05, 0.1) is 17.1 Å². The van der Waals surface area contributed by atoms with Gasteiger partial charge in [0, 0.05) is 25.5 Å². The van der Waals surface area contributed by atoms with Crippen molar-refractivity contribution in [3.8, 4) is 5.69 Å². The molecule has 158 valence electrons. The van der Waals surface area contributed by atoms with Crippen LogP contribution in [0.15, 0.2) is 76.9 Å². The highest BCUT2D eigenvalue weighted by Gasteiger charge is 2.08. The molecule has 0 amide bonds. The molecule has 0 aliphatic rings. The SMILES string of the molecule is CCNC(=NCc1cccc(S(N)(=O)=O)c1)NCCc1ccc(-n2cccn2)cc1. The molecule has 4 N–H and O–H groups in total. The lowest BCUT2D eigenvalue weighted by atomic mass is 10.1. The van der Waals surface area contributed by atoms with Crippen molar-refractivity contribution in [1.29, 1.82) is 0 Å². The highest BCUT2D eigenvalue weighted by Crippen LogP contribution is 2.11. The van der Waals surface area contributed by atoms with Crippen LogP contribution >= 0.6 is 0 Å². The van der Waals surface area contributed by atoms with E-state index in [0.29, 0.717) is 19.0 Å². The van der Waals surface area contributed by atoms with Gasteiger partial charge in [0.2, 0.25) is 10.0 Å². The van der Waals surface area contributed by atoms with Crippen molar-refractivity contribution in [3.05, 3.63) is 78.1 Å². The van der Waals surface area contributed by atoms with Crippen LogP contribution in [0, 0.1) is 0 Å². The summed E-state index contributed by atoms with van der Waals surface area (Å²) in [4.78, 5) is 4.62. The van der Waals surface area contributed by atoms with Crippen LogP contribution in [-0.2, 0) is 23.0 Å². The zero-order valence-electron chi connectivity index (χ0n) is 16.8. The van der Waals surface area contributed by atoms with E-state index in [9.17, 15) is 8.42 Å². The Labute approximate surface area is 176 Å². The molecule has 0 saturated carbocycles. The van der Waals surface area contributed by atoms with Gasteiger partial charge in [-0.1, -0.05) is 24.3 Å². The van der Waals surface area contributed by atoms with Gasteiger partial charge in [-0.05, 0) is 54.8 Å². The third-order valence-electron chi connectivity index (χ3n) is 4.40. The molecular weight excluding hydrogens is 400 g/mol. The molecule has 0 aliphatic heterocycles. The summed E-state index contributed by atoms with van der Waals surface area (Å²) in [5.74, 6) is 0.673. The summed E-state index contributed by atoms with van der Waals surface area (Å²) in [5, 5.41) is 15.9. The topological polar surface area (TPSA) is 114 Å². The fourth-order valence-corrected chi connectivity index (χ4v) is 3.48. The number of hydrogen-bond acceptors (Lipinski definition) is 4. The zero-order valence-corrected chi connectivity index (χ0v) is 17.6. The van der Waals surface area contributed by atoms with Crippen LogP contribution in [0.3, 0.4) is 0 Å². The van der Waals surface area contributed by atoms with Crippen LogP contribution in [0.2, 0.25) is 0 Å². The highest BCUT2D eigenvalue weighted by atomic mass is 32.2. The summed E-state index contributed by atoms with van der Waals surface area (Å²) in [6.45, 7) is 3.77. The zero-order chi connectivity index (χ0) is 21.4. The minimum atomic E-state index is -3.72. The summed E-state index contributed by atoms with van der Waals surface area (Å²) in [6, 6.07) is 16.7. The van der Waals surface area contributed by atoms with Gasteiger partial charge in [-0.2, -0.15) is 5.10 Å². The monoisotopic (exact) mass is 426 g/mol. The Hall–Kier alpha value is -3.17. The van der Waals surface area contributed by atoms with Crippen molar-refractivity contribution < 1.29 is 8.42 Å². The molecule has 30 heavy (non-hydrogen) atoms. The molecule has 2 aromatic carbocycles. The van der Waals surface area contributed by atoms with Gasteiger partial charge < -0.3 is 10.6 Å². The van der Waals surface area contributed by atoms with Crippen molar-refractivity contribution >= 4 is 16.0 Å². The van der Waals surface area contributed by atoms with Gasteiger partial charge in [0.1, 0.15) is 0 Å². The fraction of sp³-hybridized carbons (Fsp3) is 0.238. The summed E-state index contributed by atoms with van der Waals surface area (Å²) < 4.78 is 24.8. The molecule has 0 bridgehead atoms. The summed E-state index contributed by atoms with van der Waals surface area (Å²) in [6.07, 6.45) is 4.50. The lowest BCUT2D eigenvalue weighted by Crippen LogP contribution is -2.38. The molecule has 3 rings (SSSR count). The Kier molecular flexibility index (Phi) is 7.21. The van der Waals surface area contributed by atoms with E-state index in [0.717, 1.165) is 24.2 Å². The fourth-order valence-electron chi connectivity index (χ4n) is 2.90. The van der Waals surface area contributed by atoms with Crippen molar-refractivity contribution in [1.82, 2.24) is 20.4 Å². The van der Waals surface area contributed by atoms with Crippen LogP contribution in [0.1, 0.15) is 18.1 Å². The van der Waals surface area contributed by atoms with Crippen molar-refractivity contribution in [2.45, 2.75) is 24.8 Å². The Morgan fingerprint density at radius 2 is 1.90 bits per heavy atom. The summed E-state index contributed by atoms with van der Waals surface area (Å²) in [5.41, 5.74) is 3.00. The van der Waals surface area contributed by atoms with Gasteiger partial charge in [-0.25, -0.2) is 23.2 Å². The maximum Gasteiger partial charge on any atom is 0.238 e. The van der Waals surface area contributed by atoms with Crippen LogP contribution in [-0.4, -0.2) is 37.2 Å². The number of rotatable bonds is 8. The molecule has 0 spiro atoms. The Bertz CT molecular complexity index is 1080. The normalized spacial score (nSPS) is 12.0. The molecule has 1 heterocycles. The van der Waals surface area contributed by atoms with E-state index in [1.165, 1.54) is 11.6 Å². The second-order valence-corrected chi connectivity index (χ2v) is 8.24. The molecule has 0 unspecified atom stereocenters. The molecule has 3 aromatic rings. The second kappa shape index (κ2) is 10.0. The molecule has 9 heteroatoms. The number of guanidine groups is 1. The minimum Gasteiger partial charge on any atom is -0.357 e. The van der Waals surface area contributed by atoms with E-state index in [4.69, 9.17) is 5.14 Å². The lowest BCUT2D eigenvalue weighted by Gasteiger charge is -2.12. The number of sulfonamides is 1. The molecule has 0 fully saturated rings. The predicted molar refractivity (Wildman–Crippen MR) is 118 cm³/mol. The standard InChI is InChI=1S/C21H26N6O2S/c1-2-23-21(25-16-18-5-3-6-20(15-18)30(22,28)29)24-13-11-17-7-9-19(10-8-17)27-14-4-12-26-27/h3-10,12,14-15H,2,11,13,16H2,1H3,(H2,22,28,29)(H2,23,24,25). The largest absolute Gasteiger partial charge is 0.357 e. The lowest BCUT2D eigenvalue weighted by molar-refractivity contribution is 0.597. The molecule has 1 aromatic heterocycles. The molecular formula is C21H26N6O2S. The van der Waals surface area contributed by atoms with Crippen molar-refractivity contribution in [3.63, 3.8) is 0 Å². The first-order valence-corrected chi connectivity index (χ1v) is 11.2. The molecule has 8 nitrogen and oxygen atoms in total. The van der Waals surface area contributed by atoms with Gasteiger partial charge in [0.15, 0.2) is 5.96 Å². The number of nitrogens with zero attached hydrogens (tertiary/aromatic N) is 3. The predicted octanol–water partition coefficient (Wildman–Crippen LogP) is 1.82. The smallest absolute Gasteiger partial charge is 0.238 e. The molecule has 0 saturated heterocycles. The number of aromatic nitrogens is 2. The number of nitrogens with two attached hydrogens (primary N) is 1. The molecule has 0 radical (unpaired) electrons. The average Bonchev–Trinajstić information content (AvgIpc) is 3.27. The number of hydrogen-bond donors (Lipinski definition) is 3. The van der Waals surface area contributed by atoms with Gasteiger partial charge in [0.25, 0.3) is 0 Å². The third kappa shape index (κ3) is 6.16. The van der Waals surface area contributed by atoms with Crippen LogP contribution in [0.5, 0.6) is 0 Å². The first-order chi connectivity index (χ1) is 14.5. The van der Waals surface area contributed by atoms with Gasteiger partial charge in [-0.3, -0.25) is 0 Å². The van der Waals surface area contributed by atoms with Gasteiger partial charge >= 0.3 is 0 Å². The van der Waals surface area contributed by atoms with E-state index in [-0.39, 0.29) is 4.90 Å². The highest BCUT2D eigenvalue weighted by molar-refractivity contribution is 7.89. The Balaban J connectivity index is 1.56. The van der Waals surface area contributed by atoms with E-state index in [1.54, 1.807) is 18.3 Å². The van der Waals surface area contributed by atoms with Crippen LogP contribution in [0.4, 0.5) is 0 Å². The molecule has 0 atom stereocenters. The van der Waals surface area contributed by atoms with E-state index >= 15 is 0 Å². The number of aliphatic imine (C=N–C) groups is 1. The van der Waals surface area contributed by atoms with E-state index in [2.05, 4.69) is 32.9 Å². The first kappa shape index (κ1) is 21.5. The average molecular weight is 427 g/mol. The van der Waals surface area contributed by atoms with E-state index in [1.807, 2.05) is 42.1 Å². The maximum atomic E-state index is 11.5. The Morgan fingerprint density at radius 3 is 2.57 bits per heavy atom. The van der Waals surface area contributed by atoms with Crippen LogP contribution < -0.4 is 15.8 Å².